The van der Waals surface area contributed by atoms with Crippen LogP contribution in [0.1, 0.15) is 24.0 Å². The number of ether oxygens (including phenoxy) is 2. The fourth-order valence-electron chi connectivity index (χ4n) is 5.62. The SMILES string of the molecule is COCCN1C(=O)N(Cc2cccc(OC)c2)C(=O)C12CCN(Cc1ccc(-c3ccccc3)cc1)CC2. The van der Waals surface area contributed by atoms with Gasteiger partial charge in [0.15, 0.2) is 0 Å². The number of rotatable bonds is 9. The number of hydrogen-bond donors (Lipinski definition) is 0. The van der Waals surface area contributed by atoms with E-state index < -0.39 is 5.54 Å². The smallest absolute Gasteiger partial charge is 0.328 e. The van der Waals surface area contributed by atoms with E-state index in [0.717, 1.165) is 25.2 Å². The van der Waals surface area contributed by atoms with Crippen molar-refractivity contribution in [1.82, 2.24) is 14.7 Å². The topological polar surface area (TPSA) is 62.3 Å². The maximum Gasteiger partial charge on any atom is 0.328 e. The quantitative estimate of drug-likeness (QED) is 0.385. The van der Waals surface area contributed by atoms with E-state index in [-0.39, 0.29) is 18.5 Å². The summed E-state index contributed by atoms with van der Waals surface area (Å²) in [5.41, 5.74) is 3.70. The molecule has 0 bridgehead atoms. The summed E-state index contributed by atoms with van der Waals surface area (Å²) in [6.07, 6.45) is 1.22. The van der Waals surface area contributed by atoms with Crippen molar-refractivity contribution >= 4 is 11.9 Å². The Balaban J connectivity index is 1.27. The van der Waals surface area contributed by atoms with Crippen LogP contribution in [-0.4, -0.2) is 72.6 Å². The minimum atomic E-state index is -0.817. The second kappa shape index (κ2) is 11.4. The van der Waals surface area contributed by atoms with Crippen LogP contribution in [0.2, 0.25) is 0 Å². The summed E-state index contributed by atoms with van der Waals surface area (Å²) < 4.78 is 10.6. The number of carbonyl (C=O) groups is 2. The summed E-state index contributed by atoms with van der Waals surface area (Å²) in [4.78, 5) is 32.9. The van der Waals surface area contributed by atoms with Gasteiger partial charge < -0.3 is 14.4 Å². The Morgan fingerprint density at radius 2 is 1.50 bits per heavy atom. The summed E-state index contributed by atoms with van der Waals surface area (Å²) in [6, 6.07) is 26.3. The molecular weight excluding hydrogens is 478 g/mol. The highest BCUT2D eigenvalue weighted by atomic mass is 16.5. The highest BCUT2D eigenvalue weighted by molar-refractivity contribution is 6.07. The zero-order valence-corrected chi connectivity index (χ0v) is 22.1. The van der Waals surface area contributed by atoms with Crippen LogP contribution in [0.25, 0.3) is 11.1 Å². The minimum absolute atomic E-state index is 0.103. The van der Waals surface area contributed by atoms with E-state index in [9.17, 15) is 9.59 Å². The van der Waals surface area contributed by atoms with E-state index in [1.165, 1.54) is 21.6 Å². The van der Waals surface area contributed by atoms with Crippen molar-refractivity contribution in [2.24, 2.45) is 0 Å². The third-order valence-electron chi connectivity index (χ3n) is 7.77. The van der Waals surface area contributed by atoms with Gasteiger partial charge in [-0.2, -0.15) is 0 Å². The molecule has 2 heterocycles. The second-order valence-corrected chi connectivity index (χ2v) is 10.0. The first-order valence-electron chi connectivity index (χ1n) is 13.2. The second-order valence-electron chi connectivity index (χ2n) is 10.0. The largest absolute Gasteiger partial charge is 0.497 e. The molecule has 5 rings (SSSR count). The zero-order valence-electron chi connectivity index (χ0n) is 22.1. The zero-order chi connectivity index (χ0) is 26.5. The van der Waals surface area contributed by atoms with E-state index in [0.29, 0.717) is 31.7 Å². The Labute approximate surface area is 224 Å². The lowest BCUT2D eigenvalue weighted by Gasteiger charge is -2.42. The van der Waals surface area contributed by atoms with Crippen LogP contribution in [0.15, 0.2) is 78.9 Å². The lowest BCUT2D eigenvalue weighted by molar-refractivity contribution is -0.136. The van der Waals surface area contributed by atoms with E-state index in [1.54, 1.807) is 19.1 Å². The maximum atomic E-state index is 13.8. The summed E-state index contributed by atoms with van der Waals surface area (Å²) in [5, 5.41) is 0. The number of piperidine rings is 1. The number of urea groups is 1. The molecule has 7 heteroatoms. The maximum absolute atomic E-state index is 13.8. The third-order valence-corrected chi connectivity index (χ3v) is 7.77. The summed E-state index contributed by atoms with van der Waals surface area (Å²) in [7, 11) is 3.23. The lowest BCUT2D eigenvalue weighted by atomic mass is 9.85. The monoisotopic (exact) mass is 513 g/mol. The molecule has 2 aliphatic heterocycles. The molecule has 2 aliphatic rings. The van der Waals surface area contributed by atoms with Crippen LogP contribution in [0.3, 0.4) is 0 Å². The number of benzene rings is 3. The van der Waals surface area contributed by atoms with Crippen molar-refractivity contribution in [3.05, 3.63) is 90.0 Å². The number of methoxy groups -OCH3 is 2. The molecular formula is C31H35N3O4. The first kappa shape index (κ1) is 25.9. The fraction of sp³-hybridized carbons (Fsp3) is 0.355. The highest BCUT2D eigenvalue weighted by Gasteiger charge is 2.57. The molecule has 0 N–H and O–H groups in total. The number of hydrogen-bond acceptors (Lipinski definition) is 5. The van der Waals surface area contributed by atoms with Gasteiger partial charge in [-0.3, -0.25) is 14.6 Å². The molecule has 7 nitrogen and oxygen atoms in total. The molecule has 38 heavy (non-hydrogen) atoms. The fourth-order valence-corrected chi connectivity index (χ4v) is 5.62. The van der Waals surface area contributed by atoms with Gasteiger partial charge in [0.1, 0.15) is 11.3 Å². The van der Waals surface area contributed by atoms with Gasteiger partial charge in [0.2, 0.25) is 0 Å². The molecule has 1 spiro atoms. The van der Waals surface area contributed by atoms with Crippen LogP contribution < -0.4 is 4.74 Å². The summed E-state index contributed by atoms with van der Waals surface area (Å²) >= 11 is 0. The number of imide groups is 1. The highest BCUT2D eigenvalue weighted by Crippen LogP contribution is 2.38. The first-order chi connectivity index (χ1) is 18.5. The van der Waals surface area contributed by atoms with Crippen LogP contribution in [-0.2, 0) is 22.6 Å². The van der Waals surface area contributed by atoms with Gasteiger partial charge in [0.05, 0.1) is 20.3 Å². The molecule has 3 aromatic rings. The number of likely N-dealkylation sites (tertiary alicyclic amines) is 1. The van der Waals surface area contributed by atoms with E-state index in [2.05, 4.69) is 53.4 Å². The summed E-state index contributed by atoms with van der Waals surface area (Å²) in [6.45, 7) is 3.34. The van der Waals surface area contributed by atoms with Gasteiger partial charge in [-0.1, -0.05) is 66.7 Å². The van der Waals surface area contributed by atoms with Crippen LogP contribution in [0, 0.1) is 0 Å². The van der Waals surface area contributed by atoms with Gasteiger partial charge in [0, 0.05) is 33.3 Å². The van der Waals surface area contributed by atoms with Crippen LogP contribution >= 0.6 is 0 Å². The number of carbonyl (C=O) groups excluding carboxylic acids is 2. The third kappa shape index (κ3) is 5.17. The van der Waals surface area contributed by atoms with Crippen molar-refractivity contribution in [3.8, 4) is 16.9 Å². The molecule has 0 unspecified atom stereocenters. The van der Waals surface area contributed by atoms with E-state index in [4.69, 9.17) is 9.47 Å². The Hall–Kier alpha value is -3.68. The number of nitrogens with zero attached hydrogens (tertiary/aromatic N) is 3. The molecule has 3 aromatic carbocycles. The Morgan fingerprint density at radius 3 is 2.18 bits per heavy atom. The van der Waals surface area contributed by atoms with Gasteiger partial charge in [0.25, 0.3) is 5.91 Å². The van der Waals surface area contributed by atoms with Crippen molar-refractivity contribution < 1.29 is 19.1 Å². The Kier molecular flexibility index (Phi) is 7.77. The molecule has 0 aromatic heterocycles. The average Bonchev–Trinajstić information content (AvgIpc) is 3.14. The standard InChI is InChI=1S/C31H35N3O4/c1-37-20-19-34-30(36)33(23-25-7-6-10-28(21-25)38-2)29(35)31(34)15-17-32(18-16-31)22-24-11-13-27(14-12-24)26-8-4-3-5-9-26/h3-14,21H,15-20,22-23H2,1-2H3. The summed E-state index contributed by atoms with van der Waals surface area (Å²) in [5.74, 6) is 0.603. The predicted molar refractivity (Wildman–Crippen MR) is 147 cm³/mol. The van der Waals surface area contributed by atoms with Crippen molar-refractivity contribution in [2.75, 3.05) is 40.5 Å². The minimum Gasteiger partial charge on any atom is -0.497 e. The molecule has 0 radical (unpaired) electrons. The lowest BCUT2D eigenvalue weighted by Crippen LogP contribution is -2.57. The Bertz CT molecular complexity index is 1250. The van der Waals surface area contributed by atoms with Crippen molar-refractivity contribution in [2.45, 2.75) is 31.5 Å². The molecule has 198 valence electrons. The molecule has 0 atom stereocenters. The first-order valence-corrected chi connectivity index (χ1v) is 13.2. The molecule has 0 saturated carbocycles. The Morgan fingerprint density at radius 1 is 0.789 bits per heavy atom. The molecule has 2 fully saturated rings. The van der Waals surface area contributed by atoms with Gasteiger partial charge in [-0.25, -0.2) is 4.79 Å². The van der Waals surface area contributed by atoms with E-state index >= 15 is 0 Å². The van der Waals surface area contributed by atoms with Gasteiger partial charge in [-0.05, 0) is 47.2 Å². The normalized spacial score (nSPS) is 17.4. The average molecular weight is 514 g/mol. The predicted octanol–water partition coefficient (Wildman–Crippen LogP) is 4.81. The van der Waals surface area contributed by atoms with Crippen molar-refractivity contribution in [1.29, 1.82) is 0 Å². The van der Waals surface area contributed by atoms with E-state index in [1.807, 2.05) is 30.3 Å². The van der Waals surface area contributed by atoms with Crippen molar-refractivity contribution in [3.63, 3.8) is 0 Å². The number of amides is 3. The van der Waals surface area contributed by atoms with Crippen LogP contribution in [0.4, 0.5) is 4.79 Å². The van der Waals surface area contributed by atoms with Crippen LogP contribution in [0.5, 0.6) is 5.75 Å². The molecule has 2 saturated heterocycles. The van der Waals surface area contributed by atoms with Gasteiger partial charge in [-0.15, -0.1) is 0 Å². The molecule has 3 amide bonds. The molecule has 0 aliphatic carbocycles. The van der Waals surface area contributed by atoms with Gasteiger partial charge >= 0.3 is 6.03 Å².